The molecule has 0 N–H and O–H groups in total. The molecule has 13 rings (SSSR count). The van der Waals surface area contributed by atoms with Crippen molar-refractivity contribution in [1.29, 1.82) is 0 Å². The maximum atomic E-state index is 6.57. The maximum Gasteiger partial charge on any atom is 0.160 e. The number of hydrogen-bond acceptors (Lipinski definition) is 4. The van der Waals surface area contributed by atoms with Crippen LogP contribution in [0.1, 0.15) is 0 Å². The van der Waals surface area contributed by atoms with Crippen molar-refractivity contribution in [3.8, 4) is 61.8 Å². The van der Waals surface area contributed by atoms with E-state index in [0.29, 0.717) is 5.82 Å². The Morgan fingerprint density at radius 1 is 0.317 bits per heavy atom. The molecule has 0 aliphatic heterocycles. The second kappa shape index (κ2) is 14.0. The molecule has 0 fully saturated rings. The number of rotatable bonds is 6. The molecule has 0 unspecified atom stereocenters. The molecule has 63 heavy (non-hydrogen) atoms. The summed E-state index contributed by atoms with van der Waals surface area (Å²) in [5.74, 6) is 0.624. The van der Waals surface area contributed by atoms with Crippen LogP contribution in [0.4, 0.5) is 0 Å². The maximum absolute atomic E-state index is 6.57. The van der Waals surface area contributed by atoms with E-state index in [9.17, 15) is 0 Å². The average molecular weight is 806 g/mol. The summed E-state index contributed by atoms with van der Waals surface area (Å²) in [6.45, 7) is 0. The lowest BCUT2D eigenvalue weighted by Crippen LogP contribution is -1.96. The first kappa shape index (κ1) is 35.2. The topological polar surface area (TPSA) is 57.0 Å². The number of nitrogens with zero attached hydrogens (tertiary/aromatic N) is 3. The van der Waals surface area contributed by atoms with E-state index in [-0.39, 0.29) is 0 Å². The van der Waals surface area contributed by atoms with Gasteiger partial charge < -0.3 is 13.4 Å². The van der Waals surface area contributed by atoms with Crippen LogP contribution in [0.25, 0.3) is 128 Å². The molecule has 0 atom stereocenters. The lowest BCUT2D eigenvalue weighted by molar-refractivity contribution is 0.668. The number of hydrogen-bond donors (Lipinski definition) is 0. The molecule has 0 aliphatic carbocycles. The minimum atomic E-state index is 0.624. The fourth-order valence-corrected chi connectivity index (χ4v) is 9.44. The number of furan rings is 2. The van der Waals surface area contributed by atoms with E-state index in [1.165, 1.54) is 27.4 Å². The summed E-state index contributed by atoms with van der Waals surface area (Å²) in [7, 11) is 0. The molecule has 0 radical (unpaired) electrons. The number of para-hydroxylation sites is 2. The largest absolute Gasteiger partial charge is 0.456 e. The van der Waals surface area contributed by atoms with E-state index < -0.39 is 0 Å². The van der Waals surface area contributed by atoms with Gasteiger partial charge in [-0.25, -0.2) is 9.97 Å². The van der Waals surface area contributed by atoms with Crippen molar-refractivity contribution in [1.82, 2.24) is 14.5 Å². The van der Waals surface area contributed by atoms with Crippen molar-refractivity contribution >= 4 is 65.7 Å². The van der Waals surface area contributed by atoms with Gasteiger partial charge in [0.15, 0.2) is 5.82 Å². The zero-order chi connectivity index (χ0) is 41.4. The van der Waals surface area contributed by atoms with E-state index in [0.717, 1.165) is 94.3 Å². The van der Waals surface area contributed by atoms with Gasteiger partial charge in [0.05, 0.1) is 22.4 Å². The number of benzene rings is 9. The van der Waals surface area contributed by atoms with Crippen LogP contribution in [-0.2, 0) is 0 Å². The zero-order valence-electron chi connectivity index (χ0n) is 33.9. The first-order chi connectivity index (χ1) is 31.2. The molecule has 294 valence electrons. The number of aromatic nitrogens is 3. The summed E-state index contributed by atoms with van der Waals surface area (Å²) < 4.78 is 15.3. The normalized spacial score (nSPS) is 11.8. The van der Waals surface area contributed by atoms with Crippen molar-refractivity contribution in [2.75, 3.05) is 0 Å². The van der Waals surface area contributed by atoms with E-state index in [4.69, 9.17) is 18.8 Å². The molecule has 0 saturated carbocycles. The minimum Gasteiger partial charge on any atom is -0.456 e. The highest BCUT2D eigenvalue weighted by Crippen LogP contribution is 2.41. The molecule has 4 aromatic heterocycles. The summed E-state index contributed by atoms with van der Waals surface area (Å²) in [4.78, 5) is 10.4. The molecular formula is C58H35N3O2. The van der Waals surface area contributed by atoms with Gasteiger partial charge in [-0.3, -0.25) is 0 Å². The number of fused-ring (bicyclic) bond motifs is 9. The third kappa shape index (κ3) is 5.78. The Hall–Kier alpha value is -8.54. The van der Waals surface area contributed by atoms with Crippen LogP contribution in [0, 0.1) is 0 Å². The highest BCUT2D eigenvalue weighted by molar-refractivity contribution is 6.14. The Kier molecular flexibility index (Phi) is 7.84. The minimum absolute atomic E-state index is 0.624. The van der Waals surface area contributed by atoms with Gasteiger partial charge in [0, 0.05) is 54.7 Å². The van der Waals surface area contributed by atoms with Crippen LogP contribution < -0.4 is 0 Å². The third-order valence-electron chi connectivity index (χ3n) is 12.4. The van der Waals surface area contributed by atoms with Gasteiger partial charge >= 0.3 is 0 Å². The van der Waals surface area contributed by atoms with Crippen molar-refractivity contribution in [2.24, 2.45) is 0 Å². The van der Waals surface area contributed by atoms with Gasteiger partial charge in [0.1, 0.15) is 22.3 Å². The first-order valence-electron chi connectivity index (χ1n) is 21.2. The summed E-state index contributed by atoms with van der Waals surface area (Å²) in [5, 5.41) is 6.62. The standard InChI is InChI=1S/C58H35N3O2/c1-3-13-36(14-4-1)38-17-11-18-42(31-38)61-51-22-9-7-19-43(51)47-32-39(26-29-52(47)61)40-27-30-54-48(33-40)57-46(21-12-24-55(57)62-54)50-35-49(37-15-5-2-6-16-37)59-58(60-50)41-25-28-45-44-20-8-10-23-53(44)63-56(45)34-41/h1-35H. The zero-order valence-corrected chi connectivity index (χ0v) is 33.9. The van der Waals surface area contributed by atoms with Crippen molar-refractivity contribution in [2.45, 2.75) is 0 Å². The average Bonchev–Trinajstić information content (AvgIpc) is 4.03. The summed E-state index contributed by atoms with van der Waals surface area (Å²) in [6.07, 6.45) is 0. The van der Waals surface area contributed by atoms with E-state index in [1.807, 2.05) is 48.5 Å². The Labute approximate surface area is 361 Å². The van der Waals surface area contributed by atoms with Crippen molar-refractivity contribution in [3.05, 3.63) is 212 Å². The van der Waals surface area contributed by atoms with E-state index in [2.05, 4.69) is 168 Å². The van der Waals surface area contributed by atoms with Gasteiger partial charge in [-0.2, -0.15) is 0 Å². The molecule has 5 nitrogen and oxygen atoms in total. The monoisotopic (exact) mass is 805 g/mol. The van der Waals surface area contributed by atoms with Crippen LogP contribution in [0.3, 0.4) is 0 Å². The molecule has 0 aliphatic rings. The fourth-order valence-electron chi connectivity index (χ4n) is 9.44. The second-order valence-corrected chi connectivity index (χ2v) is 16.1. The fraction of sp³-hybridized carbons (Fsp3) is 0. The highest BCUT2D eigenvalue weighted by Gasteiger charge is 2.19. The molecule has 0 saturated heterocycles. The SMILES string of the molecule is c1ccc(-c2cccc(-n3c4ccccc4c4cc(-c5ccc6oc7cccc(-c8cc(-c9ccccc9)nc(-c9ccc%10c(c9)oc9ccccc9%10)n8)c7c6c5)ccc43)c2)cc1. The van der Waals surface area contributed by atoms with Crippen LogP contribution >= 0.6 is 0 Å². The van der Waals surface area contributed by atoms with Crippen molar-refractivity contribution < 1.29 is 8.83 Å². The molecular weight excluding hydrogens is 771 g/mol. The van der Waals surface area contributed by atoms with E-state index >= 15 is 0 Å². The molecule has 0 bridgehead atoms. The molecule has 0 amide bonds. The molecule has 9 aromatic carbocycles. The van der Waals surface area contributed by atoms with Crippen molar-refractivity contribution in [3.63, 3.8) is 0 Å². The van der Waals surface area contributed by atoms with Gasteiger partial charge in [0.25, 0.3) is 0 Å². The summed E-state index contributed by atoms with van der Waals surface area (Å²) in [5.41, 5.74) is 15.9. The Morgan fingerprint density at radius 3 is 1.79 bits per heavy atom. The quantitative estimate of drug-likeness (QED) is 0.168. The van der Waals surface area contributed by atoms with Crippen LogP contribution in [0.15, 0.2) is 221 Å². The predicted molar refractivity (Wildman–Crippen MR) is 258 cm³/mol. The van der Waals surface area contributed by atoms with Crippen LogP contribution in [0.2, 0.25) is 0 Å². The van der Waals surface area contributed by atoms with Gasteiger partial charge in [-0.1, -0.05) is 140 Å². The molecule has 13 aromatic rings. The lowest BCUT2D eigenvalue weighted by atomic mass is 9.98. The summed E-state index contributed by atoms with van der Waals surface area (Å²) >= 11 is 0. The smallest absolute Gasteiger partial charge is 0.160 e. The van der Waals surface area contributed by atoms with Gasteiger partial charge in [-0.05, 0) is 95.1 Å². The Morgan fingerprint density at radius 2 is 0.921 bits per heavy atom. The molecule has 0 spiro atoms. The van der Waals surface area contributed by atoms with Gasteiger partial charge in [0.2, 0.25) is 0 Å². The van der Waals surface area contributed by atoms with Gasteiger partial charge in [-0.15, -0.1) is 0 Å². The molecule has 5 heteroatoms. The molecule has 4 heterocycles. The van der Waals surface area contributed by atoms with Crippen LogP contribution in [0.5, 0.6) is 0 Å². The second-order valence-electron chi connectivity index (χ2n) is 16.1. The predicted octanol–water partition coefficient (Wildman–Crippen LogP) is 15.7. The Balaban J connectivity index is 0.958. The highest BCUT2D eigenvalue weighted by atomic mass is 16.3. The lowest BCUT2D eigenvalue weighted by Gasteiger charge is -2.11. The third-order valence-corrected chi connectivity index (χ3v) is 12.4. The first-order valence-corrected chi connectivity index (χ1v) is 21.2. The van der Waals surface area contributed by atoms with Crippen LogP contribution in [-0.4, -0.2) is 14.5 Å². The summed E-state index contributed by atoms with van der Waals surface area (Å²) in [6, 6.07) is 74.5. The van der Waals surface area contributed by atoms with E-state index in [1.54, 1.807) is 0 Å². The Bertz CT molecular complexity index is 3910.